The molecule has 0 amide bonds. The van der Waals surface area contributed by atoms with Crippen LogP contribution in [0.15, 0.2) is 67.4 Å². The molecule has 0 aromatic heterocycles. The van der Waals surface area contributed by atoms with Gasteiger partial charge in [-0.25, -0.2) is 0 Å². The zero-order valence-electron chi connectivity index (χ0n) is 17.8. The second-order valence-corrected chi connectivity index (χ2v) is 8.56. The maximum Gasteiger partial charge on any atom is 0.121 e. The summed E-state index contributed by atoms with van der Waals surface area (Å²) in [6.07, 6.45) is 4.07. The van der Waals surface area contributed by atoms with E-state index in [1.165, 1.54) is 22.4 Å². The number of hydrogen-bond donors (Lipinski definition) is 0. The Morgan fingerprint density at radius 1 is 1.31 bits per heavy atom. The molecule has 154 valence electrons. The number of benzene rings is 2. The highest BCUT2D eigenvalue weighted by atomic mass is 35.5. The summed E-state index contributed by atoms with van der Waals surface area (Å²) in [6.45, 7) is 14.9. The van der Waals surface area contributed by atoms with E-state index in [0.717, 1.165) is 36.7 Å². The molecule has 1 aliphatic rings. The predicted octanol–water partition coefficient (Wildman–Crippen LogP) is 6.96. The SMILES string of the molecule is C=CC(C)C(CC(=C)N1CCC(c2ccc(OC)c(C)c2)C1)c1ccccc1Cl. The van der Waals surface area contributed by atoms with Crippen molar-refractivity contribution in [3.05, 3.63) is 89.1 Å². The van der Waals surface area contributed by atoms with Crippen LogP contribution in [0.5, 0.6) is 5.75 Å². The van der Waals surface area contributed by atoms with Gasteiger partial charge in [-0.05, 0) is 60.4 Å². The zero-order valence-corrected chi connectivity index (χ0v) is 18.6. The van der Waals surface area contributed by atoms with E-state index in [2.05, 4.69) is 62.2 Å². The largest absolute Gasteiger partial charge is 0.496 e. The van der Waals surface area contributed by atoms with E-state index in [0.29, 0.717) is 11.8 Å². The predicted molar refractivity (Wildman–Crippen MR) is 124 cm³/mol. The van der Waals surface area contributed by atoms with Crippen LogP contribution in [0.25, 0.3) is 0 Å². The van der Waals surface area contributed by atoms with Gasteiger partial charge in [-0.3, -0.25) is 0 Å². The Kier molecular flexibility index (Phi) is 7.08. The first-order valence-corrected chi connectivity index (χ1v) is 10.8. The summed E-state index contributed by atoms with van der Waals surface area (Å²) in [6, 6.07) is 14.7. The van der Waals surface area contributed by atoms with Gasteiger partial charge in [0, 0.05) is 29.7 Å². The van der Waals surface area contributed by atoms with Gasteiger partial charge in [0.25, 0.3) is 0 Å². The van der Waals surface area contributed by atoms with Crippen molar-refractivity contribution in [2.75, 3.05) is 20.2 Å². The van der Waals surface area contributed by atoms with Crippen LogP contribution in [0.3, 0.4) is 0 Å². The molecule has 29 heavy (non-hydrogen) atoms. The Labute approximate surface area is 180 Å². The minimum Gasteiger partial charge on any atom is -0.496 e. The molecule has 3 atom stereocenters. The lowest BCUT2D eigenvalue weighted by Gasteiger charge is -2.29. The van der Waals surface area contributed by atoms with Gasteiger partial charge in [-0.15, -0.1) is 6.58 Å². The lowest BCUT2D eigenvalue weighted by Crippen LogP contribution is -2.22. The third-order valence-electron chi connectivity index (χ3n) is 6.29. The fourth-order valence-corrected chi connectivity index (χ4v) is 4.65. The quantitative estimate of drug-likeness (QED) is 0.437. The lowest BCUT2D eigenvalue weighted by molar-refractivity contribution is 0.380. The van der Waals surface area contributed by atoms with Gasteiger partial charge in [-0.2, -0.15) is 0 Å². The molecule has 1 heterocycles. The average Bonchev–Trinajstić information content (AvgIpc) is 3.22. The second-order valence-electron chi connectivity index (χ2n) is 8.15. The third kappa shape index (κ3) is 4.87. The van der Waals surface area contributed by atoms with E-state index in [9.17, 15) is 0 Å². The Bertz CT molecular complexity index is 875. The van der Waals surface area contributed by atoms with E-state index in [1.54, 1.807) is 7.11 Å². The fraction of sp³-hybridized carbons (Fsp3) is 0.385. The highest BCUT2D eigenvalue weighted by molar-refractivity contribution is 6.31. The molecule has 0 aliphatic carbocycles. The molecule has 2 nitrogen and oxygen atoms in total. The van der Waals surface area contributed by atoms with Crippen LogP contribution < -0.4 is 4.74 Å². The molecule has 0 radical (unpaired) electrons. The van der Waals surface area contributed by atoms with Gasteiger partial charge in [0.1, 0.15) is 5.75 Å². The maximum atomic E-state index is 6.52. The average molecular weight is 410 g/mol. The molecule has 3 heteroatoms. The van der Waals surface area contributed by atoms with Crippen molar-refractivity contribution in [1.82, 2.24) is 4.90 Å². The fourth-order valence-electron chi connectivity index (χ4n) is 4.38. The summed E-state index contributed by atoms with van der Waals surface area (Å²) >= 11 is 6.52. The molecule has 3 unspecified atom stereocenters. The minimum absolute atomic E-state index is 0.288. The molecular formula is C26H32ClNO. The number of nitrogens with zero attached hydrogens (tertiary/aromatic N) is 1. The monoisotopic (exact) mass is 409 g/mol. The maximum absolute atomic E-state index is 6.52. The van der Waals surface area contributed by atoms with Gasteiger partial charge in [0.2, 0.25) is 0 Å². The first-order valence-electron chi connectivity index (χ1n) is 10.4. The van der Waals surface area contributed by atoms with Gasteiger partial charge in [-0.1, -0.05) is 61.5 Å². The Morgan fingerprint density at radius 2 is 2.07 bits per heavy atom. The van der Waals surface area contributed by atoms with Crippen molar-refractivity contribution in [3.8, 4) is 5.75 Å². The molecule has 2 aromatic rings. The Balaban J connectivity index is 1.71. The van der Waals surface area contributed by atoms with Crippen LogP contribution in [0, 0.1) is 12.8 Å². The highest BCUT2D eigenvalue weighted by Crippen LogP contribution is 2.38. The molecule has 0 spiro atoms. The van der Waals surface area contributed by atoms with E-state index in [1.807, 2.05) is 18.2 Å². The van der Waals surface area contributed by atoms with Crippen molar-refractivity contribution in [1.29, 1.82) is 0 Å². The number of rotatable bonds is 8. The number of halogens is 1. The van der Waals surface area contributed by atoms with Crippen LogP contribution in [0.4, 0.5) is 0 Å². The van der Waals surface area contributed by atoms with Crippen LogP contribution in [-0.2, 0) is 0 Å². The van der Waals surface area contributed by atoms with Crippen LogP contribution in [0.2, 0.25) is 5.02 Å². The summed E-state index contributed by atoms with van der Waals surface area (Å²) in [5, 5.41) is 0.826. The normalized spacial score (nSPS) is 18.3. The van der Waals surface area contributed by atoms with Crippen molar-refractivity contribution < 1.29 is 4.74 Å². The minimum atomic E-state index is 0.288. The number of methoxy groups -OCH3 is 1. The van der Waals surface area contributed by atoms with Crippen molar-refractivity contribution >= 4 is 11.6 Å². The topological polar surface area (TPSA) is 12.5 Å². The molecule has 1 fully saturated rings. The smallest absolute Gasteiger partial charge is 0.121 e. The molecular weight excluding hydrogens is 378 g/mol. The Morgan fingerprint density at radius 3 is 2.72 bits per heavy atom. The van der Waals surface area contributed by atoms with E-state index >= 15 is 0 Å². The summed E-state index contributed by atoms with van der Waals surface area (Å²) < 4.78 is 5.41. The number of likely N-dealkylation sites (tertiary alicyclic amines) is 1. The third-order valence-corrected chi connectivity index (χ3v) is 6.64. The van der Waals surface area contributed by atoms with Crippen LogP contribution >= 0.6 is 11.6 Å². The Hall–Kier alpha value is -2.19. The zero-order chi connectivity index (χ0) is 21.0. The van der Waals surface area contributed by atoms with Crippen LogP contribution in [0.1, 0.15) is 48.3 Å². The number of hydrogen-bond acceptors (Lipinski definition) is 2. The van der Waals surface area contributed by atoms with Crippen molar-refractivity contribution in [3.63, 3.8) is 0 Å². The molecule has 3 rings (SSSR count). The molecule has 0 bridgehead atoms. The molecule has 1 aliphatic heterocycles. The number of aryl methyl sites for hydroxylation is 1. The first kappa shape index (κ1) is 21.5. The highest BCUT2D eigenvalue weighted by Gasteiger charge is 2.28. The molecule has 0 saturated carbocycles. The van der Waals surface area contributed by atoms with E-state index < -0.39 is 0 Å². The van der Waals surface area contributed by atoms with E-state index in [-0.39, 0.29) is 5.92 Å². The number of allylic oxidation sites excluding steroid dienone is 2. The van der Waals surface area contributed by atoms with Gasteiger partial charge in [0.15, 0.2) is 0 Å². The second kappa shape index (κ2) is 9.54. The van der Waals surface area contributed by atoms with E-state index in [4.69, 9.17) is 16.3 Å². The standard InChI is InChI=1S/C26H32ClNO/c1-6-18(2)24(23-9-7-8-10-25(23)27)16-20(4)28-14-13-22(17-28)21-11-12-26(29-5)19(3)15-21/h6-12,15,18,22,24H,1,4,13-14,16-17H2,2-3,5H3. The lowest BCUT2D eigenvalue weighted by atomic mass is 9.83. The number of ether oxygens (including phenoxy) is 1. The summed E-state index contributed by atoms with van der Waals surface area (Å²) in [5.41, 5.74) is 4.96. The van der Waals surface area contributed by atoms with Crippen molar-refractivity contribution in [2.24, 2.45) is 5.92 Å². The first-order chi connectivity index (χ1) is 13.9. The molecule has 1 saturated heterocycles. The van der Waals surface area contributed by atoms with Crippen molar-refractivity contribution in [2.45, 2.75) is 38.5 Å². The molecule has 2 aromatic carbocycles. The summed E-state index contributed by atoms with van der Waals surface area (Å²) in [4.78, 5) is 2.45. The van der Waals surface area contributed by atoms with Crippen LogP contribution in [-0.4, -0.2) is 25.1 Å². The summed E-state index contributed by atoms with van der Waals surface area (Å²) in [7, 11) is 1.73. The summed E-state index contributed by atoms with van der Waals surface area (Å²) in [5.74, 6) is 2.10. The van der Waals surface area contributed by atoms with Gasteiger partial charge in [0.05, 0.1) is 7.11 Å². The van der Waals surface area contributed by atoms with Gasteiger partial charge < -0.3 is 9.64 Å². The van der Waals surface area contributed by atoms with Gasteiger partial charge >= 0.3 is 0 Å². The molecule has 0 N–H and O–H groups in total.